The summed E-state index contributed by atoms with van der Waals surface area (Å²) in [6, 6.07) is 9.05. The van der Waals surface area contributed by atoms with E-state index < -0.39 is 19.2 Å². The highest BCUT2D eigenvalue weighted by molar-refractivity contribution is 7.55. The molecule has 1 aromatic rings. The number of nitrogens with two attached hydrogens (primary N) is 1. The second-order valence-corrected chi connectivity index (χ2v) is 11.5. The number of carboxylic acids is 1. The van der Waals surface area contributed by atoms with E-state index in [2.05, 4.69) is 5.32 Å². The predicted octanol–water partition coefficient (Wildman–Crippen LogP) is 3.97. The van der Waals surface area contributed by atoms with Gasteiger partial charge < -0.3 is 29.0 Å². The van der Waals surface area contributed by atoms with Crippen LogP contribution in [0.2, 0.25) is 0 Å². The second kappa shape index (κ2) is 15.6. The zero-order chi connectivity index (χ0) is 24.8. The summed E-state index contributed by atoms with van der Waals surface area (Å²) in [5, 5.41) is 14.0. The first kappa shape index (κ1) is 28.8. The highest BCUT2D eigenvalue weighted by atomic mass is 31.2. The molecule has 0 aliphatic heterocycles. The summed E-state index contributed by atoms with van der Waals surface area (Å²) >= 11 is 0. The maximum atomic E-state index is 12.5. The number of rotatable bonds is 11. The van der Waals surface area contributed by atoms with Gasteiger partial charge in [0, 0.05) is 0 Å². The van der Waals surface area contributed by atoms with Crippen molar-refractivity contribution in [2.45, 2.75) is 103 Å². The quantitative estimate of drug-likeness (QED) is 0.464. The normalized spacial score (nSPS) is 18.6. The first-order chi connectivity index (χ1) is 16.4. The van der Waals surface area contributed by atoms with Crippen LogP contribution in [-0.2, 0) is 18.4 Å². The van der Waals surface area contributed by atoms with Gasteiger partial charge in [0.25, 0.3) is 0 Å². The molecule has 2 N–H and O–H groups in total. The minimum Gasteiger partial charge on any atom is -0.549 e. The van der Waals surface area contributed by atoms with Crippen LogP contribution >= 0.6 is 7.60 Å². The van der Waals surface area contributed by atoms with E-state index in [-0.39, 0.29) is 19.8 Å². The van der Waals surface area contributed by atoms with Crippen molar-refractivity contribution in [2.24, 2.45) is 0 Å². The summed E-state index contributed by atoms with van der Waals surface area (Å²) in [5.74, 6) is -1.04. The van der Waals surface area contributed by atoms with E-state index in [0.717, 1.165) is 17.6 Å². The van der Waals surface area contributed by atoms with Crippen molar-refractivity contribution in [2.75, 3.05) is 19.8 Å². The van der Waals surface area contributed by atoms with Crippen molar-refractivity contribution in [3.63, 3.8) is 0 Å². The number of benzene rings is 1. The van der Waals surface area contributed by atoms with Gasteiger partial charge in [-0.1, -0.05) is 30.5 Å². The largest absolute Gasteiger partial charge is 0.549 e. The Labute approximate surface area is 205 Å². The molecule has 0 saturated heterocycles. The van der Waals surface area contributed by atoms with E-state index in [0.29, 0.717) is 5.75 Å². The molecule has 1 aromatic carbocycles. The van der Waals surface area contributed by atoms with Crippen molar-refractivity contribution in [1.29, 1.82) is 0 Å². The molecule has 0 spiro atoms. The Bertz CT molecular complexity index is 718. The zero-order valence-electron chi connectivity index (χ0n) is 21.2. The SMILES string of the molecule is C1CCC([NH2+]C2CCCCC2)CC1.CCOP(=O)(OCC)C(COc1ccc(C)cc1)C(=O)[O-]. The number of quaternary nitrogens is 1. The third-order valence-corrected chi connectivity index (χ3v) is 8.90. The van der Waals surface area contributed by atoms with E-state index in [4.69, 9.17) is 13.8 Å². The first-order valence-corrected chi connectivity index (χ1v) is 14.6. The molecule has 194 valence electrons. The van der Waals surface area contributed by atoms with Crippen LogP contribution in [0.1, 0.15) is 83.6 Å². The van der Waals surface area contributed by atoms with Crippen LogP contribution in [0.25, 0.3) is 0 Å². The highest BCUT2D eigenvalue weighted by Gasteiger charge is 2.37. The molecular weight excluding hydrogens is 453 g/mol. The zero-order valence-corrected chi connectivity index (χ0v) is 22.1. The van der Waals surface area contributed by atoms with Crippen molar-refractivity contribution in [1.82, 2.24) is 0 Å². The monoisotopic (exact) mass is 497 g/mol. The fraction of sp³-hybridized carbons (Fsp3) is 0.731. The number of carbonyl (C=O) groups excluding carboxylic acids is 1. The van der Waals surface area contributed by atoms with Crippen molar-refractivity contribution in [3.8, 4) is 5.75 Å². The Morgan fingerprint density at radius 2 is 1.41 bits per heavy atom. The third kappa shape index (κ3) is 10.1. The average Bonchev–Trinajstić information content (AvgIpc) is 2.82. The van der Waals surface area contributed by atoms with Crippen LogP contribution in [0.4, 0.5) is 0 Å². The lowest BCUT2D eigenvalue weighted by atomic mass is 9.91. The van der Waals surface area contributed by atoms with Gasteiger partial charge in [0.1, 0.15) is 18.0 Å². The van der Waals surface area contributed by atoms with Crippen LogP contribution in [0, 0.1) is 6.92 Å². The summed E-state index contributed by atoms with van der Waals surface area (Å²) in [7, 11) is -3.82. The molecule has 2 fully saturated rings. The lowest BCUT2D eigenvalue weighted by Gasteiger charge is -2.27. The van der Waals surface area contributed by atoms with E-state index in [1.54, 1.807) is 26.0 Å². The van der Waals surface area contributed by atoms with Gasteiger partial charge in [0.2, 0.25) is 0 Å². The summed E-state index contributed by atoms with van der Waals surface area (Å²) in [5.41, 5.74) is -0.424. The Kier molecular flexibility index (Phi) is 13.2. The van der Waals surface area contributed by atoms with Crippen molar-refractivity contribution < 1.29 is 33.6 Å². The Morgan fingerprint density at radius 3 is 1.82 bits per heavy atom. The molecule has 0 amide bonds. The van der Waals surface area contributed by atoms with Gasteiger partial charge in [0.05, 0.1) is 31.3 Å². The number of hydrogen-bond acceptors (Lipinski definition) is 6. The Morgan fingerprint density at radius 1 is 0.941 bits per heavy atom. The molecule has 2 aliphatic carbocycles. The van der Waals surface area contributed by atoms with Gasteiger partial charge in [0.15, 0.2) is 0 Å². The highest BCUT2D eigenvalue weighted by Crippen LogP contribution is 2.52. The van der Waals surface area contributed by atoms with Gasteiger partial charge in [-0.05, 0) is 84.3 Å². The van der Waals surface area contributed by atoms with Crippen molar-refractivity contribution >= 4 is 13.6 Å². The number of aliphatic carboxylic acids is 1. The summed E-state index contributed by atoms with van der Waals surface area (Å²) < 4.78 is 27.9. The molecule has 1 unspecified atom stereocenters. The first-order valence-electron chi connectivity index (χ1n) is 13.0. The fourth-order valence-electron chi connectivity index (χ4n) is 4.71. The van der Waals surface area contributed by atoms with E-state index in [1.807, 2.05) is 19.1 Å². The van der Waals surface area contributed by atoms with Gasteiger partial charge in [-0.15, -0.1) is 0 Å². The molecule has 0 aromatic heterocycles. The molecule has 34 heavy (non-hydrogen) atoms. The number of hydrogen-bond donors (Lipinski definition) is 1. The molecule has 2 aliphatic rings. The topological polar surface area (TPSA) is 102 Å². The molecular formula is C26H44NO6P. The maximum Gasteiger partial charge on any atom is 0.342 e. The van der Waals surface area contributed by atoms with E-state index in [9.17, 15) is 14.5 Å². The minimum absolute atomic E-state index is 0.0750. The minimum atomic E-state index is -3.82. The third-order valence-electron chi connectivity index (χ3n) is 6.54. The van der Waals surface area contributed by atoms with E-state index in [1.165, 1.54) is 64.2 Å². The second-order valence-electron chi connectivity index (χ2n) is 9.32. The summed E-state index contributed by atoms with van der Waals surface area (Å²) in [4.78, 5) is 11.2. The van der Waals surface area contributed by atoms with Crippen LogP contribution in [-0.4, -0.2) is 43.5 Å². The predicted molar refractivity (Wildman–Crippen MR) is 132 cm³/mol. The Balaban J connectivity index is 0.000000266. The maximum absolute atomic E-state index is 12.5. The van der Waals surface area contributed by atoms with E-state index >= 15 is 0 Å². The lowest BCUT2D eigenvalue weighted by molar-refractivity contribution is -0.725. The molecule has 0 heterocycles. The fourth-order valence-corrected chi connectivity index (χ4v) is 6.38. The molecule has 7 nitrogen and oxygen atoms in total. The summed E-state index contributed by atoms with van der Waals surface area (Å²) in [6.07, 6.45) is 15.0. The smallest absolute Gasteiger partial charge is 0.342 e. The van der Waals surface area contributed by atoms with Gasteiger partial charge in [-0.3, -0.25) is 4.57 Å². The van der Waals surface area contributed by atoms with Gasteiger partial charge >= 0.3 is 7.60 Å². The molecule has 3 rings (SSSR count). The molecule has 0 bridgehead atoms. The summed E-state index contributed by atoms with van der Waals surface area (Å²) in [6.45, 7) is 4.95. The number of carbonyl (C=O) groups is 1. The molecule has 8 heteroatoms. The Hall–Kier alpha value is -1.40. The lowest BCUT2D eigenvalue weighted by Crippen LogP contribution is -2.95. The van der Waals surface area contributed by atoms with Crippen LogP contribution in [0.5, 0.6) is 5.75 Å². The van der Waals surface area contributed by atoms with Crippen LogP contribution in [0.3, 0.4) is 0 Å². The molecule has 2 saturated carbocycles. The average molecular weight is 498 g/mol. The molecule has 0 radical (unpaired) electrons. The number of carboxylic acid groups (broad SMARTS) is 1. The molecule has 1 atom stereocenters. The van der Waals surface area contributed by atoms with Crippen LogP contribution in [0.15, 0.2) is 24.3 Å². The standard InChI is InChI=1S/C14H21O6P.C12H23N/c1-4-19-21(17,20-5-2)13(14(15)16)10-18-12-8-6-11(3)7-9-12;1-3-7-11(8-4-1)13-12-9-5-2-6-10-12/h6-9,13H,4-5,10H2,1-3H3,(H,15,16);11-13H,1-10H2. The van der Waals surface area contributed by atoms with Gasteiger partial charge in [-0.25, -0.2) is 0 Å². The van der Waals surface area contributed by atoms with Crippen molar-refractivity contribution in [3.05, 3.63) is 29.8 Å². The van der Waals surface area contributed by atoms with Gasteiger partial charge in [-0.2, -0.15) is 0 Å². The van der Waals surface area contributed by atoms with Crippen LogP contribution < -0.4 is 15.2 Å². The number of ether oxygens (including phenoxy) is 1. The number of aryl methyl sites for hydroxylation is 1.